The van der Waals surface area contributed by atoms with Gasteiger partial charge in [0.25, 0.3) is 0 Å². The third-order valence-electron chi connectivity index (χ3n) is 3.03. The van der Waals surface area contributed by atoms with E-state index in [1.165, 1.54) is 0 Å². The molecule has 118 valence electrons. The summed E-state index contributed by atoms with van der Waals surface area (Å²) in [5.74, 6) is 2.42. The second-order valence-corrected chi connectivity index (χ2v) is 6.43. The largest absolute Gasteiger partial charge is 0.365 e. The molecule has 0 amide bonds. The molecule has 22 heavy (non-hydrogen) atoms. The van der Waals surface area contributed by atoms with E-state index in [9.17, 15) is 4.21 Å². The van der Waals surface area contributed by atoms with Gasteiger partial charge in [0.1, 0.15) is 6.61 Å². The highest BCUT2D eigenvalue weighted by atomic mass is 32.2. The van der Waals surface area contributed by atoms with E-state index in [1.54, 1.807) is 0 Å². The molecular formula is C19H24O2S. The van der Waals surface area contributed by atoms with E-state index in [4.69, 9.17) is 11.2 Å². The topological polar surface area (TPSA) is 26.3 Å². The molecular weight excluding hydrogens is 292 g/mol. The van der Waals surface area contributed by atoms with Gasteiger partial charge in [-0.3, -0.25) is 0 Å². The van der Waals surface area contributed by atoms with Crippen LogP contribution in [0.15, 0.2) is 52.3 Å². The number of rotatable bonds is 9. The van der Waals surface area contributed by atoms with Crippen molar-refractivity contribution < 1.29 is 8.95 Å². The lowest BCUT2D eigenvalue weighted by molar-refractivity contribution is 0.199. The lowest BCUT2D eigenvalue weighted by atomic mass is 10.2. The van der Waals surface area contributed by atoms with Crippen molar-refractivity contribution in [1.29, 1.82) is 0 Å². The molecule has 0 aliphatic heterocycles. The van der Waals surface area contributed by atoms with Crippen molar-refractivity contribution in [3.63, 3.8) is 0 Å². The van der Waals surface area contributed by atoms with Gasteiger partial charge in [-0.2, -0.15) is 0 Å². The SMILES string of the molecule is C#CCOC/C=C/C(=C/CCCC)S(=O)c1ccc(C)cc1. The quantitative estimate of drug-likeness (QED) is 0.384. The Labute approximate surface area is 136 Å². The number of ether oxygens (including phenoxy) is 1. The van der Waals surface area contributed by atoms with Gasteiger partial charge in [-0.1, -0.05) is 55.5 Å². The Morgan fingerprint density at radius 3 is 2.73 bits per heavy atom. The maximum Gasteiger partial charge on any atom is 0.107 e. The van der Waals surface area contributed by atoms with Crippen LogP contribution in [0, 0.1) is 19.3 Å². The molecule has 0 aromatic heterocycles. The summed E-state index contributed by atoms with van der Waals surface area (Å²) in [5, 5.41) is 0. The molecule has 0 heterocycles. The standard InChI is InChI=1S/C19H24O2S/c1-4-6-7-9-18(10-8-16-21-15-5-2)22(20)19-13-11-17(3)12-14-19/h2,8-14H,4,6-7,15-16H2,1,3H3/b10-8+,18-9-. The Bertz CT molecular complexity index is 562. The Hall–Kier alpha value is -1.63. The number of hydrogen-bond donors (Lipinski definition) is 0. The van der Waals surface area contributed by atoms with Gasteiger partial charge in [0.2, 0.25) is 0 Å². The summed E-state index contributed by atoms with van der Waals surface area (Å²) in [5.41, 5.74) is 1.16. The van der Waals surface area contributed by atoms with Crippen molar-refractivity contribution >= 4 is 10.8 Å². The predicted molar refractivity (Wildman–Crippen MR) is 94.0 cm³/mol. The van der Waals surface area contributed by atoms with E-state index in [1.807, 2.05) is 43.3 Å². The first-order chi connectivity index (χ1) is 10.7. The van der Waals surface area contributed by atoms with E-state index >= 15 is 0 Å². The van der Waals surface area contributed by atoms with Crippen molar-refractivity contribution in [1.82, 2.24) is 0 Å². The van der Waals surface area contributed by atoms with Crippen LogP contribution in [-0.4, -0.2) is 17.4 Å². The van der Waals surface area contributed by atoms with Gasteiger partial charge in [-0.15, -0.1) is 6.42 Å². The molecule has 3 heteroatoms. The fourth-order valence-electron chi connectivity index (χ4n) is 1.80. The molecule has 0 fully saturated rings. The van der Waals surface area contributed by atoms with Gasteiger partial charge < -0.3 is 4.74 Å². The summed E-state index contributed by atoms with van der Waals surface area (Å²) in [4.78, 5) is 1.64. The second-order valence-electron chi connectivity index (χ2n) is 4.95. The van der Waals surface area contributed by atoms with E-state index in [0.717, 1.165) is 34.6 Å². The molecule has 1 aromatic rings. The van der Waals surface area contributed by atoms with Crippen molar-refractivity contribution in [2.24, 2.45) is 0 Å². The fourth-order valence-corrected chi connectivity index (χ4v) is 2.95. The summed E-state index contributed by atoms with van der Waals surface area (Å²) in [6.07, 6.45) is 14.1. The van der Waals surface area contributed by atoms with Crippen LogP contribution in [0.1, 0.15) is 31.7 Å². The number of hydrogen-bond acceptors (Lipinski definition) is 2. The van der Waals surface area contributed by atoms with Gasteiger partial charge in [-0.05, 0) is 31.6 Å². The van der Waals surface area contributed by atoms with Crippen LogP contribution in [0.3, 0.4) is 0 Å². The summed E-state index contributed by atoms with van der Waals surface area (Å²) < 4.78 is 17.9. The lowest BCUT2D eigenvalue weighted by Gasteiger charge is -2.05. The minimum Gasteiger partial charge on any atom is -0.365 e. The first-order valence-corrected chi connectivity index (χ1v) is 8.70. The van der Waals surface area contributed by atoms with Gasteiger partial charge in [0.15, 0.2) is 0 Å². The first kappa shape index (κ1) is 18.4. The Morgan fingerprint density at radius 2 is 2.09 bits per heavy atom. The smallest absolute Gasteiger partial charge is 0.107 e. The first-order valence-electron chi connectivity index (χ1n) is 7.55. The average molecular weight is 316 g/mol. The molecule has 0 spiro atoms. The molecule has 0 aliphatic rings. The van der Waals surface area contributed by atoms with Crippen LogP contribution in [0.2, 0.25) is 0 Å². The summed E-state index contributed by atoms with van der Waals surface area (Å²) in [6, 6.07) is 7.80. The molecule has 0 saturated heterocycles. The highest BCUT2D eigenvalue weighted by Crippen LogP contribution is 2.17. The van der Waals surface area contributed by atoms with Gasteiger partial charge in [0.05, 0.1) is 17.4 Å². The highest BCUT2D eigenvalue weighted by molar-refractivity contribution is 7.89. The molecule has 1 atom stereocenters. The Balaban J connectivity index is 2.80. The zero-order valence-corrected chi connectivity index (χ0v) is 14.2. The van der Waals surface area contributed by atoms with E-state index in [-0.39, 0.29) is 0 Å². The summed E-state index contributed by atoms with van der Waals surface area (Å²) in [7, 11) is -1.16. The second kappa shape index (κ2) is 11.0. The van der Waals surface area contributed by atoms with Gasteiger partial charge in [0, 0.05) is 9.80 Å². The van der Waals surface area contributed by atoms with E-state index < -0.39 is 10.8 Å². The molecule has 1 unspecified atom stereocenters. The normalized spacial score (nSPS) is 13.2. The molecule has 0 saturated carbocycles. The zero-order chi connectivity index (χ0) is 16.2. The van der Waals surface area contributed by atoms with Crippen LogP contribution in [0.4, 0.5) is 0 Å². The number of unbranched alkanes of at least 4 members (excludes halogenated alkanes) is 2. The molecule has 0 aliphatic carbocycles. The molecule has 1 aromatic carbocycles. The number of aryl methyl sites for hydroxylation is 1. The minimum absolute atomic E-state index is 0.292. The molecule has 0 radical (unpaired) electrons. The molecule has 0 N–H and O–H groups in total. The van der Waals surface area contributed by atoms with Crippen LogP contribution in [0.25, 0.3) is 0 Å². The number of allylic oxidation sites excluding steroid dienone is 2. The third-order valence-corrected chi connectivity index (χ3v) is 4.47. The predicted octanol–water partition coefficient (Wildman–Crippen LogP) is 4.38. The zero-order valence-electron chi connectivity index (χ0n) is 13.4. The minimum atomic E-state index is -1.16. The molecule has 2 nitrogen and oxygen atoms in total. The Kier molecular flexibility index (Phi) is 9.21. The summed E-state index contributed by atoms with van der Waals surface area (Å²) >= 11 is 0. The maximum atomic E-state index is 12.7. The molecule has 0 bridgehead atoms. The van der Waals surface area contributed by atoms with Crippen LogP contribution in [0.5, 0.6) is 0 Å². The number of benzene rings is 1. The van der Waals surface area contributed by atoms with E-state index in [0.29, 0.717) is 13.2 Å². The van der Waals surface area contributed by atoms with Gasteiger partial charge in [-0.25, -0.2) is 4.21 Å². The van der Waals surface area contributed by atoms with Crippen LogP contribution >= 0.6 is 0 Å². The van der Waals surface area contributed by atoms with Crippen molar-refractivity contribution in [3.05, 3.63) is 53.0 Å². The van der Waals surface area contributed by atoms with Crippen molar-refractivity contribution in [2.45, 2.75) is 38.0 Å². The van der Waals surface area contributed by atoms with Crippen LogP contribution in [-0.2, 0) is 15.5 Å². The fraction of sp³-hybridized carbons (Fsp3) is 0.368. The monoisotopic (exact) mass is 316 g/mol. The van der Waals surface area contributed by atoms with E-state index in [2.05, 4.69) is 18.9 Å². The average Bonchev–Trinajstić information content (AvgIpc) is 2.53. The van der Waals surface area contributed by atoms with Crippen LogP contribution < -0.4 is 0 Å². The highest BCUT2D eigenvalue weighted by Gasteiger charge is 2.07. The maximum absolute atomic E-state index is 12.7. The van der Waals surface area contributed by atoms with Crippen molar-refractivity contribution in [2.75, 3.05) is 13.2 Å². The Morgan fingerprint density at radius 1 is 1.36 bits per heavy atom. The number of terminal acetylenes is 1. The molecule has 1 rings (SSSR count). The van der Waals surface area contributed by atoms with Gasteiger partial charge >= 0.3 is 0 Å². The lowest BCUT2D eigenvalue weighted by Crippen LogP contribution is -1.96. The summed E-state index contributed by atoms with van der Waals surface area (Å²) in [6.45, 7) is 4.89. The third kappa shape index (κ3) is 6.89. The van der Waals surface area contributed by atoms with Crippen molar-refractivity contribution in [3.8, 4) is 12.3 Å².